The standard InChI is InChI=1S/C17H14O5/c18-15(19)9-11-3-1-5-13(7-11)17(22)14-6-2-4-12(8-14)10-16(20)21/h1-8H,9-10H2,(H,18,19)(H,20,21). The van der Waals surface area contributed by atoms with Gasteiger partial charge < -0.3 is 10.2 Å². The third-order valence-electron chi connectivity index (χ3n) is 3.09. The van der Waals surface area contributed by atoms with Crippen LogP contribution in [0.5, 0.6) is 0 Å². The Morgan fingerprint density at radius 2 is 1.14 bits per heavy atom. The number of hydrogen-bond donors (Lipinski definition) is 2. The molecule has 0 atom stereocenters. The van der Waals surface area contributed by atoms with Crippen LogP contribution in [0.25, 0.3) is 0 Å². The minimum atomic E-state index is -0.965. The van der Waals surface area contributed by atoms with Crippen molar-refractivity contribution in [2.24, 2.45) is 0 Å². The minimum Gasteiger partial charge on any atom is -0.481 e. The highest BCUT2D eigenvalue weighted by Gasteiger charge is 2.12. The molecule has 0 saturated carbocycles. The second-order valence-corrected chi connectivity index (χ2v) is 4.87. The molecule has 0 aliphatic carbocycles. The average molecular weight is 298 g/mol. The molecular formula is C17H14O5. The maximum atomic E-state index is 12.4. The Kier molecular flexibility index (Phi) is 4.68. The van der Waals surface area contributed by atoms with Crippen molar-refractivity contribution in [1.82, 2.24) is 0 Å². The van der Waals surface area contributed by atoms with Crippen molar-refractivity contribution in [2.45, 2.75) is 12.8 Å². The zero-order valence-electron chi connectivity index (χ0n) is 11.7. The number of rotatable bonds is 6. The third kappa shape index (κ3) is 4.02. The van der Waals surface area contributed by atoms with Crippen molar-refractivity contribution in [3.05, 3.63) is 70.8 Å². The molecule has 5 heteroatoms. The second kappa shape index (κ2) is 6.67. The van der Waals surface area contributed by atoms with Crippen molar-refractivity contribution < 1.29 is 24.6 Å². The molecule has 0 unspecified atom stereocenters. The first-order chi connectivity index (χ1) is 10.5. The number of carboxylic acids is 2. The highest BCUT2D eigenvalue weighted by atomic mass is 16.4. The lowest BCUT2D eigenvalue weighted by Crippen LogP contribution is -2.06. The van der Waals surface area contributed by atoms with Crippen LogP contribution in [0.3, 0.4) is 0 Å². The molecule has 5 nitrogen and oxygen atoms in total. The summed E-state index contributed by atoms with van der Waals surface area (Å²) in [5.41, 5.74) is 1.84. The Balaban J connectivity index is 2.28. The van der Waals surface area contributed by atoms with Crippen LogP contribution in [0.15, 0.2) is 48.5 Å². The zero-order valence-corrected chi connectivity index (χ0v) is 11.7. The molecule has 112 valence electrons. The molecule has 2 N–H and O–H groups in total. The third-order valence-corrected chi connectivity index (χ3v) is 3.09. The van der Waals surface area contributed by atoms with E-state index >= 15 is 0 Å². The fraction of sp³-hybridized carbons (Fsp3) is 0.118. The first-order valence-electron chi connectivity index (χ1n) is 6.62. The van der Waals surface area contributed by atoms with E-state index in [0.717, 1.165) is 0 Å². The van der Waals surface area contributed by atoms with Crippen LogP contribution in [0.2, 0.25) is 0 Å². The summed E-state index contributed by atoms with van der Waals surface area (Å²) in [6, 6.07) is 12.9. The van der Waals surface area contributed by atoms with Gasteiger partial charge in [-0.1, -0.05) is 36.4 Å². The first-order valence-corrected chi connectivity index (χ1v) is 6.62. The van der Waals surface area contributed by atoms with Crippen LogP contribution < -0.4 is 0 Å². The van der Waals surface area contributed by atoms with E-state index in [0.29, 0.717) is 22.3 Å². The van der Waals surface area contributed by atoms with E-state index in [2.05, 4.69) is 0 Å². The molecule has 2 rings (SSSR count). The molecule has 0 aromatic heterocycles. The van der Waals surface area contributed by atoms with Gasteiger partial charge in [-0.25, -0.2) is 0 Å². The molecule has 0 aliphatic heterocycles. The van der Waals surface area contributed by atoms with Gasteiger partial charge in [0.1, 0.15) is 0 Å². The van der Waals surface area contributed by atoms with Gasteiger partial charge in [0.25, 0.3) is 0 Å². The van der Waals surface area contributed by atoms with E-state index in [-0.39, 0.29) is 18.6 Å². The van der Waals surface area contributed by atoms with Crippen LogP contribution in [0.1, 0.15) is 27.0 Å². The molecule has 2 aromatic rings. The van der Waals surface area contributed by atoms with Gasteiger partial charge >= 0.3 is 11.9 Å². The summed E-state index contributed by atoms with van der Waals surface area (Å²) in [7, 11) is 0. The van der Waals surface area contributed by atoms with Crippen LogP contribution >= 0.6 is 0 Å². The van der Waals surface area contributed by atoms with Crippen molar-refractivity contribution in [3.63, 3.8) is 0 Å². The summed E-state index contributed by atoms with van der Waals surface area (Å²) < 4.78 is 0. The number of hydrogen-bond acceptors (Lipinski definition) is 3. The molecule has 0 radical (unpaired) electrons. The molecular weight excluding hydrogens is 284 g/mol. The van der Waals surface area contributed by atoms with Gasteiger partial charge in [-0.3, -0.25) is 14.4 Å². The van der Waals surface area contributed by atoms with Crippen LogP contribution in [-0.4, -0.2) is 27.9 Å². The Morgan fingerprint density at radius 3 is 1.50 bits per heavy atom. The topological polar surface area (TPSA) is 91.7 Å². The van der Waals surface area contributed by atoms with E-state index in [4.69, 9.17) is 10.2 Å². The molecule has 0 spiro atoms. The van der Waals surface area contributed by atoms with Gasteiger partial charge in [0, 0.05) is 11.1 Å². The second-order valence-electron chi connectivity index (χ2n) is 4.87. The molecule has 0 heterocycles. The number of carbonyl (C=O) groups is 3. The lowest BCUT2D eigenvalue weighted by molar-refractivity contribution is -0.137. The Morgan fingerprint density at radius 1 is 0.727 bits per heavy atom. The van der Waals surface area contributed by atoms with Crippen molar-refractivity contribution in [1.29, 1.82) is 0 Å². The zero-order chi connectivity index (χ0) is 16.1. The van der Waals surface area contributed by atoms with Crippen LogP contribution in [0, 0.1) is 0 Å². The van der Waals surface area contributed by atoms with Gasteiger partial charge in [-0.15, -0.1) is 0 Å². The van der Waals surface area contributed by atoms with Gasteiger partial charge in [0.15, 0.2) is 5.78 Å². The average Bonchev–Trinajstić information content (AvgIpc) is 2.45. The van der Waals surface area contributed by atoms with Crippen LogP contribution in [0.4, 0.5) is 0 Å². The number of carboxylic acid groups (broad SMARTS) is 2. The maximum Gasteiger partial charge on any atom is 0.307 e. The molecule has 0 bridgehead atoms. The molecule has 0 amide bonds. The highest BCUT2D eigenvalue weighted by Crippen LogP contribution is 2.14. The van der Waals surface area contributed by atoms with Crippen molar-refractivity contribution in [3.8, 4) is 0 Å². The number of carbonyl (C=O) groups excluding carboxylic acids is 1. The number of ketones is 1. The lowest BCUT2D eigenvalue weighted by atomic mass is 9.98. The fourth-order valence-corrected chi connectivity index (χ4v) is 2.16. The summed E-state index contributed by atoms with van der Waals surface area (Å²) in [5, 5.41) is 17.6. The van der Waals surface area contributed by atoms with Gasteiger partial charge in [-0.2, -0.15) is 0 Å². The molecule has 22 heavy (non-hydrogen) atoms. The van der Waals surface area contributed by atoms with E-state index in [9.17, 15) is 14.4 Å². The molecule has 0 aliphatic rings. The van der Waals surface area contributed by atoms with Gasteiger partial charge in [0.2, 0.25) is 0 Å². The number of benzene rings is 2. The van der Waals surface area contributed by atoms with Gasteiger partial charge in [-0.05, 0) is 23.3 Å². The monoisotopic (exact) mass is 298 g/mol. The summed E-state index contributed by atoms with van der Waals surface area (Å²) in [6.07, 6.45) is -0.305. The molecule has 0 fully saturated rings. The lowest BCUT2D eigenvalue weighted by Gasteiger charge is -2.05. The minimum absolute atomic E-state index is 0.153. The van der Waals surface area contributed by atoms with E-state index in [1.807, 2.05) is 0 Å². The van der Waals surface area contributed by atoms with Crippen molar-refractivity contribution in [2.75, 3.05) is 0 Å². The van der Waals surface area contributed by atoms with E-state index in [1.54, 1.807) is 48.5 Å². The Labute approximate surface area is 126 Å². The van der Waals surface area contributed by atoms with Gasteiger partial charge in [0.05, 0.1) is 12.8 Å². The van der Waals surface area contributed by atoms with E-state index < -0.39 is 11.9 Å². The first kappa shape index (κ1) is 15.4. The normalized spacial score (nSPS) is 10.2. The SMILES string of the molecule is O=C(O)Cc1cccc(C(=O)c2cccc(CC(=O)O)c2)c1. The maximum absolute atomic E-state index is 12.4. The molecule has 0 saturated heterocycles. The Hall–Kier alpha value is -2.95. The predicted molar refractivity (Wildman–Crippen MR) is 79.0 cm³/mol. The van der Waals surface area contributed by atoms with E-state index in [1.165, 1.54) is 0 Å². The summed E-state index contributed by atoms with van der Waals surface area (Å²) in [6.45, 7) is 0. The summed E-state index contributed by atoms with van der Waals surface area (Å²) >= 11 is 0. The summed E-state index contributed by atoms with van der Waals surface area (Å²) in [4.78, 5) is 33.9. The fourth-order valence-electron chi connectivity index (χ4n) is 2.16. The largest absolute Gasteiger partial charge is 0.481 e. The quantitative estimate of drug-likeness (QED) is 0.797. The number of aliphatic carboxylic acids is 2. The summed E-state index contributed by atoms with van der Waals surface area (Å²) in [5.74, 6) is -2.19. The smallest absolute Gasteiger partial charge is 0.307 e. The van der Waals surface area contributed by atoms with Crippen LogP contribution in [-0.2, 0) is 22.4 Å². The molecule has 2 aromatic carbocycles. The Bertz CT molecular complexity index is 672. The predicted octanol–water partition coefficient (Wildman–Crippen LogP) is 2.17. The highest BCUT2D eigenvalue weighted by molar-refractivity contribution is 6.09. The van der Waals surface area contributed by atoms with Crippen molar-refractivity contribution >= 4 is 17.7 Å².